The van der Waals surface area contributed by atoms with Crippen molar-refractivity contribution < 1.29 is 4.42 Å². The van der Waals surface area contributed by atoms with E-state index in [1.54, 1.807) is 0 Å². The smallest absolute Gasteiger partial charge is 0.143 e. The maximum atomic E-state index is 6.44. The van der Waals surface area contributed by atoms with E-state index in [-0.39, 0.29) is 0 Å². The first-order valence-corrected chi connectivity index (χ1v) is 17.2. The summed E-state index contributed by atoms with van der Waals surface area (Å²) in [5, 5.41) is 12.4. The van der Waals surface area contributed by atoms with Crippen molar-refractivity contribution >= 4 is 76.1 Å². The Morgan fingerprint density at radius 3 is 1.56 bits per heavy atom. The number of rotatable bonds is 3. The lowest BCUT2D eigenvalue weighted by Gasteiger charge is -2.14. The highest BCUT2D eigenvalue weighted by Gasteiger charge is 2.16. The molecule has 11 aromatic rings. The second-order valence-electron chi connectivity index (χ2n) is 13.3. The van der Waals surface area contributed by atoms with E-state index in [1.807, 2.05) is 12.1 Å². The van der Waals surface area contributed by atoms with Crippen molar-refractivity contribution in [2.24, 2.45) is 0 Å². The van der Waals surface area contributed by atoms with Gasteiger partial charge >= 0.3 is 0 Å². The molecule has 0 unspecified atom stereocenters. The van der Waals surface area contributed by atoms with Crippen LogP contribution in [0.4, 0.5) is 0 Å². The van der Waals surface area contributed by atoms with Crippen LogP contribution in [0.5, 0.6) is 0 Å². The molecule has 0 spiro atoms. The molecule has 0 bridgehead atoms. The molecule has 0 aliphatic heterocycles. The molecular formula is C48H29NO. The van der Waals surface area contributed by atoms with E-state index in [1.165, 1.54) is 65.3 Å². The first kappa shape index (κ1) is 27.3. The van der Waals surface area contributed by atoms with Gasteiger partial charge in [-0.15, -0.1) is 0 Å². The molecular weight excluding hydrogens is 607 g/mol. The Labute approximate surface area is 288 Å². The van der Waals surface area contributed by atoms with Crippen molar-refractivity contribution in [3.05, 3.63) is 176 Å². The number of hydrogen-bond acceptors (Lipinski definition) is 1. The average molecular weight is 636 g/mol. The summed E-state index contributed by atoms with van der Waals surface area (Å²) in [6.45, 7) is 0. The Kier molecular flexibility index (Phi) is 5.70. The Morgan fingerprint density at radius 2 is 0.840 bits per heavy atom. The van der Waals surface area contributed by atoms with Crippen LogP contribution in [-0.2, 0) is 0 Å². The van der Waals surface area contributed by atoms with E-state index in [9.17, 15) is 0 Å². The molecule has 2 heteroatoms. The number of fused-ring (bicyclic) bond motifs is 12. The van der Waals surface area contributed by atoms with Gasteiger partial charge in [0, 0.05) is 32.8 Å². The minimum Gasteiger partial charge on any atom is -0.455 e. The van der Waals surface area contributed by atoms with Gasteiger partial charge < -0.3 is 8.98 Å². The summed E-state index contributed by atoms with van der Waals surface area (Å²) in [5.74, 6) is 0. The van der Waals surface area contributed by atoms with Crippen molar-refractivity contribution in [1.29, 1.82) is 0 Å². The Hall–Kier alpha value is -6.64. The van der Waals surface area contributed by atoms with Gasteiger partial charge in [-0.25, -0.2) is 0 Å². The largest absolute Gasteiger partial charge is 0.455 e. The summed E-state index contributed by atoms with van der Waals surface area (Å²) in [6.07, 6.45) is 0. The highest BCUT2D eigenvalue weighted by Crippen LogP contribution is 2.42. The van der Waals surface area contributed by atoms with Crippen LogP contribution in [0, 0.1) is 0 Å². The monoisotopic (exact) mass is 635 g/mol. The standard InChI is InChI=1S/C48H29NO/c1-2-14-36-35(13-1)43-28-31(30-11-9-12-33(27-30)49-45-20-6-3-15-39(45)40-16-4-7-21-46(40)49)23-25-37(43)38-26-24-32(29-44(36)38)34-18-10-19-42-41-17-5-8-22-47(41)50-48(34)42/h1-29H. The van der Waals surface area contributed by atoms with E-state index < -0.39 is 0 Å². The van der Waals surface area contributed by atoms with Crippen LogP contribution in [0.15, 0.2) is 180 Å². The zero-order valence-electron chi connectivity index (χ0n) is 27.1. The average Bonchev–Trinajstić information content (AvgIpc) is 3.74. The molecule has 0 fully saturated rings. The topological polar surface area (TPSA) is 18.1 Å². The van der Waals surface area contributed by atoms with Crippen LogP contribution >= 0.6 is 0 Å². The Morgan fingerprint density at radius 1 is 0.320 bits per heavy atom. The van der Waals surface area contributed by atoms with Crippen LogP contribution in [0.1, 0.15) is 0 Å². The first-order valence-electron chi connectivity index (χ1n) is 17.2. The molecule has 0 aliphatic carbocycles. The molecule has 0 atom stereocenters. The van der Waals surface area contributed by atoms with Gasteiger partial charge in [0.2, 0.25) is 0 Å². The van der Waals surface area contributed by atoms with Gasteiger partial charge in [-0.2, -0.15) is 0 Å². The number of nitrogens with zero attached hydrogens (tertiary/aromatic N) is 1. The second-order valence-corrected chi connectivity index (χ2v) is 13.3. The maximum Gasteiger partial charge on any atom is 0.143 e. The van der Waals surface area contributed by atoms with Gasteiger partial charge in [0.05, 0.1) is 11.0 Å². The van der Waals surface area contributed by atoms with Crippen molar-refractivity contribution in [2.45, 2.75) is 0 Å². The number of hydrogen-bond donors (Lipinski definition) is 0. The highest BCUT2D eigenvalue weighted by molar-refractivity contribution is 6.26. The zero-order chi connectivity index (χ0) is 32.8. The van der Waals surface area contributed by atoms with Crippen LogP contribution in [0.25, 0.3) is 104 Å². The molecule has 0 N–H and O–H groups in total. The molecule has 9 aromatic carbocycles. The Bertz CT molecular complexity index is 3080. The predicted molar refractivity (Wildman–Crippen MR) is 211 cm³/mol. The third-order valence-corrected chi connectivity index (χ3v) is 10.6. The summed E-state index contributed by atoms with van der Waals surface area (Å²) in [7, 11) is 0. The highest BCUT2D eigenvalue weighted by atomic mass is 16.3. The van der Waals surface area contributed by atoms with E-state index in [0.29, 0.717) is 0 Å². The van der Waals surface area contributed by atoms with Crippen LogP contribution in [-0.4, -0.2) is 4.57 Å². The lowest BCUT2D eigenvalue weighted by Crippen LogP contribution is -1.94. The van der Waals surface area contributed by atoms with Crippen LogP contribution in [0.3, 0.4) is 0 Å². The molecule has 0 radical (unpaired) electrons. The Balaban J connectivity index is 1.09. The van der Waals surface area contributed by atoms with Crippen molar-refractivity contribution in [2.75, 3.05) is 0 Å². The summed E-state index contributed by atoms with van der Waals surface area (Å²) in [5.41, 5.74) is 10.1. The summed E-state index contributed by atoms with van der Waals surface area (Å²) >= 11 is 0. The number of aromatic nitrogens is 1. The fourth-order valence-corrected chi connectivity index (χ4v) is 8.30. The molecule has 0 aliphatic rings. The molecule has 0 saturated carbocycles. The maximum absolute atomic E-state index is 6.44. The summed E-state index contributed by atoms with van der Waals surface area (Å²) < 4.78 is 8.83. The normalized spacial score (nSPS) is 12.0. The van der Waals surface area contributed by atoms with Crippen LogP contribution < -0.4 is 0 Å². The van der Waals surface area contributed by atoms with E-state index in [0.717, 1.165) is 38.8 Å². The van der Waals surface area contributed by atoms with Gasteiger partial charge in [0.1, 0.15) is 11.2 Å². The van der Waals surface area contributed by atoms with Crippen molar-refractivity contribution in [3.63, 3.8) is 0 Å². The molecule has 2 heterocycles. The molecule has 50 heavy (non-hydrogen) atoms. The van der Waals surface area contributed by atoms with Gasteiger partial charge in [0.25, 0.3) is 0 Å². The second kappa shape index (κ2) is 10.4. The minimum absolute atomic E-state index is 0.920. The van der Waals surface area contributed by atoms with Gasteiger partial charge in [-0.3, -0.25) is 0 Å². The fraction of sp³-hybridized carbons (Fsp3) is 0. The van der Waals surface area contributed by atoms with E-state index in [4.69, 9.17) is 4.42 Å². The minimum atomic E-state index is 0.920. The fourth-order valence-electron chi connectivity index (χ4n) is 8.30. The van der Waals surface area contributed by atoms with E-state index in [2.05, 4.69) is 168 Å². The molecule has 0 saturated heterocycles. The summed E-state index contributed by atoms with van der Waals surface area (Å²) in [4.78, 5) is 0. The lowest BCUT2D eigenvalue weighted by molar-refractivity contribution is 0.670. The third kappa shape index (κ3) is 3.90. The van der Waals surface area contributed by atoms with Crippen molar-refractivity contribution in [1.82, 2.24) is 4.57 Å². The van der Waals surface area contributed by atoms with Crippen LogP contribution in [0.2, 0.25) is 0 Å². The number of benzene rings is 9. The number of para-hydroxylation sites is 4. The van der Waals surface area contributed by atoms with E-state index >= 15 is 0 Å². The van der Waals surface area contributed by atoms with Gasteiger partial charge in [-0.05, 0) is 91.5 Å². The predicted octanol–water partition coefficient (Wildman–Crippen LogP) is 13.5. The molecule has 11 rings (SSSR count). The molecule has 2 aromatic heterocycles. The summed E-state index contributed by atoms with van der Waals surface area (Å²) in [6, 6.07) is 63.8. The number of furan rings is 1. The third-order valence-electron chi connectivity index (χ3n) is 10.6. The zero-order valence-corrected chi connectivity index (χ0v) is 27.1. The van der Waals surface area contributed by atoms with Gasteiger partial charge in [-0.1, -0.05) is 133 Å². The quantitative estimate of drug-likeness (QED) is 0.177. The molecule has 232 valence electrons. The van der Waals surface area contributed by atoms with Crippen molar-refractivity contribution in [3.8, 4) is 27.9 Å². The molecule has 2 nitrogen and oxygen atoms in total. The van der Waals surface area contributed by atoms with Gasteiger partial charge in [0.15, 0.2) is 0 Å². The first-order chi connectivity index (χ1) is 24.8. The SMILES string of the molecule is c1cc(-c2ccc3c4ccc(-c5cccc6c5oc5ccccc56)cc4c4ccccc4c3c2)cc(-n2c3ccccc3c3ccccc32)c1. The molecule has 0 amide bonds. The lowest BCUT2D eigenvalue weighted by atomic mass is 9.90.